The van der Waals surface area contributed by atoms with Crippen LogP contribution in [0.5, 0.6) is 0 Å². The van der Waals surface area contributed by atoms with Crippen LogP contribution in [0.15, 0.2) is 18.3 Å². The molecule has 1 saturated heterocycles. The Labute approximate surface area is 127 Å². The number of piperidine rings is 1. The summed E-state index contributed by atoms with van der Waals surface area (Å²) in [5.41, 5.74) is 0. The first-order valence-electron chi connectivity index (χ1n) is 6.91. The largest absolute Gasteiger partial charge is 0.337 e. The molecule has 3 nitrogen and oxygen atoms in total. The first-order chi connectivity index (χ1) is 9.63. The van der Waals surface area contributed by atoms with Crippen LogP contribution < -0.4 is 0 Å². The number of hydrogen-bond donors (Lipinski definition) is 0. The highest BCUT2D eigenvalue weighted by atomic mass is 32.1. The van der Waals surface area contributed by atoms with Gasteiger partial charge in [0.15, 0.2) is 0 Å². The number of hydrogen-bond acceptors (Lipinski definition) is 4. The molecule has 0 bridgehead atoms. The normalized spacial score (nSPS) is 19.3. The molecule has 2 aromatic heterocycles. The minimum Gasteiger partial charge on any atom is -0.337 e. The lowest BCUT2D eigenvalue weighted by atomic mass is 9.98. The molecule has 1 unspecified atom stereocenters. The van der Waals surface area contributed by atoms with Gasteiger partial charge in [-0.15, -0.1) is 22.7 Å². The number of nitrogens with zero attached hydrogens (tertiary/aromatic N) is 2. The molecule has 20 heavy (non-hydrogen) atoms. The molecule has 0 aliphatic carbocycles. The highest BCUT2D eigenvalue weighted by Gasteiger charge is 2.27. The van der Waals surface area contributed by atoms with E-state index in [-0.39, 0.29) is 5.91 Å². The molecule has 2 aromatic rings. The SMILES string of the molecule is Cc1ccc(C(=O)N2CCCC(c3ncc(C)s3)C2)s1. The highest BCUT2D eigenvalue weighted by molar-refractivity contribution is 7.14. The minimum absolute atomic E-state index is 0.182. The molecule has 1 aliphatic rings. The second-order valence-corrected chi connectivity index (χ2v) is 7.86. The summed E-state index contributed by atoms with van der Waals surface area (Å²) >= 11 is 3.35. The monoisotopic (exact) mass is 306 g/mol. The summed E-state index contributed by atoms with van der Waals surface area (Å²) in [6, 6.07) is 3.96. The van der Waals surface area contributed by atoms with Crippen molar-refractivity contribution in [2.45, 2.75) is 32.6 Å². The average Bonchev–Trinajstić information content (AvgIpc) is 3.07. The van der Waals surface area contributed by atoms with Gasteiger partial charge in [-0.25, -0.2) is 4.98 Å². The average molecular weight is 306 g/mol. The van der Waals surface area contributed by atoms with E-state index in [2.05, 4.69) is 11.9 Å². The summed E-state index contributed by atoms with van der Waals surface area (Å²) < 4.78 is 0. The van der Waals surface area contributed by atoms with Gasteiger partial charge in [0.05, 0.1) is 9.88 Å². The van der Waals surface area contributed by atoms with E-state index in [4.69, 9.17) is 0 Å². The van der Waals surface area contributed by atoms with Crippen LogP contribution in [0, 0.1) is 13.8 Å². The molecule has 0 saturated carbocycles. The van der Waals surface area contributed by atoms with Gasteiger partial charge in [0, 0.05) is 35.0 Å². The van der Waals surface area contributed by atoms with Gasteiger partial charge in [0.1, 0.15) is 0 Å². The van der Waals surface area contributed by atoms with E-state index in [1.807, 2.05) is 30.2 Å². The predicted molar refractivity (Wildman–Crippen MR) is 83.8 cm³/mol. The molecular weight excluding hydrogens is 288 g/mol. The van der Waals surface area contributed by atoms with E-state index in [0.717, 1.165) is 30.8 Å². The third-order valence-corrected chi connectivity index (χ3v) is 5.71. The maximum absolute atomic E-state index is 12.5. The Kier molecular flexibility index (Phi) is 3.89. The smallest absolute Gasteiger partial charge is 0.263 e. The Morgan fingerprint density at radius 1 is 1.30 bits per heavy atom. The van der Waals surface area contributed by atoms with Crippen LogP contribution in [0.4, 0.5) is 0 Å². The van der Waals surface area contributed by atoms with Crippen molar-refractivity contribution in [2.24, 2.45) is 0 Å². The molecule has 0 spiro atoms. The van der Waals surface area contributed by atoms with Crippen LogP contribution in [-0.2, 0) is 0 Å². The zero-order valence-corrected chi connectivity index (χ0v) is 13.4. The summed E-state index contributed by atoms with van der Waals surface area (Å²) in [6.45, 7) is 5.81. The first kappa shape index (κ1) is 13.8. The number of carbonyl (C=O) groups is 1. The lowest BCUT2D eigenvalue weighted by Gasteiger charge is -2.31. The van der Waals surface area contributed by atoms with Gasteiger partial charge in [-0.3, -0.25) is 4.79 Å². The molecule has 1 aliphatic heterocycles. The molecule has 3 heterocycles. The van der Waals surface area contributed by atoms with Crippen molar-refractivity contribution >= 4 is 28.6 Å². The lowest BCUT2D eigenvalue weighted by Crippen LogP contribution is -2.38. The molecule has 0 N–H and O–H groups in total. The lowest BCUT2D eigenvalue weighted by molar-refractivity contribution is 0.0712. The summed E-state index contributed by atoms with van der Waals surface area (Å²) in [6.07, 6.45) is 4.14. The fourth-order valence-corrected chi connectivity index (χ4v) is 4.36. The van der Waals surface area contributed by atoms with Gasteiger partial charge >= 0.3 is 0 Å². The fraction of sp³-hybridized carbons (Fsp3) is 0.467. The number of aryl methyl sites for hydroxylation is 2. The number of aromatic nitrogens is 1. The first-order valence-corrected chi connectivity index (χ1v) is 8.55. The number of thiophene rings is 1. The van der Waals surface area contributed by atoms with E-state index in [9.17, 15) is 4.79 Å². The zero-order chi connectivity index (χ0) is 14.1. The van der Waals surface area contributed by atoms with E-state index < -0.39 is 0 Å². The number of likely N-dealkylation sites (tertiary alicyclic amines) is 1. The van der Waals surface area contributed by atoms with Gasteiger partial charge in [-0.05, 0) is 38.8 Å². The molecule has 0 radical (unpaired) electrons. The molecule has 1 fully saturated rings. The highest BCUT2D eigenvalue weighted by Crippen LogP contribution is 2.31. The zero-order valence-electron chi connectivity index (χ0n) is 11.8. The molecule has 106 valence electrons. The minimum atomic E-state index is 0.182. The number of carbonyl (C=O) groups excluding carboxylic acids is 1. The molecular formula is C15H18N2OS2. The third kappa shape index (κ3) is 2.79. The van der Waals surface area contributed by atoms with Crippen molar-refractivity contribution in [3.63, 3.8) is 0 Å². The molecule has 1 atom stereocenters. The van der Waals surface area contributed by atoms with E-state index in [1.165, 1.54) is 14.8 Å². The maximum Gasteiger partial charge on any atom is 0.263 e. The number of thiazole rings is 1. The van der Waals surface area contributed by atoms with Gasteiger partial charge in [0.2, 0.25) is 0 Å². The molecule has 5 heteroatoms. The second-order valence-electron chi connectivity index (χ2n) is 5.31. The summed E-state index contributed by atoms with van der Waals surface area (Å²) in [5.74, 6) is 0.591. The van der Waals surface area contributed by atoms with Crippen molar-refractivity contribution in [3.8, 4) is 0 Å². The van der Waals surface area contributed by atoms with Crippen LogP contribution >= 0.6 is 22.7 Å². The van der Waals surface area contributed by atoms with Crippen molar-refractivity contribution in [1.29, 1.82) is 0 Å². The van der Waals surface area contributed by atoms with Crippen molar-refractivity contribution in [2.75, 3.05) is 13.1 Å². The van der Waals surface area contributed by atoms with Crippen molar-refractivity contribution < 1.29 is 4.79 Å². The number of rotatable bonds is 2. The Hall–Kier alpha value is -1.20. The molecule has 0 aromatic carbocycles. The fourth-order valence-electron chi connectivity index (χ4n) is 2.63. The summed E-state index contributed by atoms with van der Waals surface area (Å²) in [5, 5.41) is 1.18. The maximum atomic E-state index is 12.5. The van der Waals surface area contributed by atoms with Crippen LogP contribution in [-0.4, -0.2) is 28.9 Å². The van der Waals surface area contributed by atoms with E-state index in [1.54, 1.807) is 22.7 Å². The Morgan fingerprint density at radius 2 is 2.15 bits per heavy atom. The van der Waals surface area contributed by atoms with E-state index in [0.29, 0.717) is 5.92 Å². The topological polar surface area (TPSA) is 33.2 Å². The van der Waals surface area contributed by atoms with Gasteiger partial charge in [-0.2, -0.15) is 0 Å². The molecule has 3 rings (SSSR count). The van der Waals surface area contributed by atoms with Crippen molar-refractivity contribution in [3.05, 3.63) is 38.0 Å². The standard InChI is InChI=1S/C15H18N2OS2/c1-10-5-6-13(19-10)15(18)17-7-3-4-12(9-17)14-16-8-11(2)20-14/h5-6,8,12H,3-4,7,9H2,1-2H3. The van der Waals surface area contributed by atoms with Crippen LogP contribution in [0.25, 0.3) is 0 Å². The number of amides is 1. The van der Waals surface area contributed by atoms with Crippen LogP contribution in [0.2, 0.25) is 0 Å². The Bertz CT molecular complexity index is 617. The van der Waals surface area contributed by atoms with Gasteiger partial charge in [0.25, 0.3) is 5.91 Å². The Morgan fingerprint density at radius 3 is 2.80 bits per heavy atom. The van der Waals surface area contributed by atoms with Crippen LogP contribution in [0.3, 0.4) is 0 Å². The van der Waals surface area contributed by atoms with Gasteiger partial charge in [-0.1, -0.05) is 0 Å². The quantitative estimate of drug-likeness (QED) is 0.844. The van der Waals surface area contributed by atoms with Crippen molar-refractivity contribution in [1.82, 2.24) is 9.88 Å². The van der Waals surface area contributed by atoms with Gasteiger partial charge < -0.3 is 4.90 Å². The van der Waals surface area contributed by atoms with E-state index >= 15 is 0 Å². The second kappa shape index (κ2) is 5.66. The third-order valence-electron chi connectivity index (χ3n) is 3.65. The van der Waals surface area contributed by atoms with Crippen LogP contribution in [0.1, 0.15) is 43.2 Å². The summed E-state index contributed by atoms with van der Waals surface area (Å²) in [7, 11) is 0. The molecule has 1 amide bonds. The summed E-state index contributed by atoms with van der Waals surface area (Å²) in [4.78, 5) is 22.3. The predicted octanol–water partition coefficient (Wildman–Crippen LogP) is 3.84. The Balaban J connectivity index is 1.73.